The number of hydrogen-bond acceptors (Lipinski definition) is 3. The maximum absolute atomic E-state index is 14.2. The van der Waals surface area contributed by atoms with Gasteiger partial charge in [0, 0.05) is 5.56 Å². The first-order valence-electron chi connectivity index (χ1n) is 7.00. The lowest BCUT2D eigenvalue weighted by Crippen LogP contribution is -2.04. The molecule has 0 unspecified atom stereocenters. The number of aromatic nitrogens is 3. The number of nitrogens with zero attached hydrogens (tertiary/aromatic N) is 3. The van der Waals surface area contributed by atoms with Crippen LogP contribution >= 0.6 is 0 Å². The molecule has 6 heteroatoms. The molecule has 2 aromatic carbocycles. The van der Waals surface area contributed by atoms with Gasteiger partial charge in [0.1, 0.15) is 11.5 Å². The third kappa shape index (κ3) is 2.59. The number of aryl methyl sites for hydroxylation is 2. The van der Waals surface area contributed by atoms with Gasteiger partial charge in [-0.05, 0) is 49.2 Å². The Morgan fingerprint density at radius 3 is 2.52 bits per heavy atom. The van der Waals surface area contributed by atoms with Crippen LogP contribution in [0.15, 0.2) is 42.5 Å². The Morgan fingerprint density at radius 1 is 1.13 bits per heavy atom. The fraction of sp³-hybridized carbons (Fsp3) is 0.118. The smallest absolute Gasteiger partial charge is 0.358 e. The molecular formula is C17H14FN3O2. The highest BCUT2D eigenvalue weighted by Crippen LogP contribution is 2.28. The van der Waals surface area contributed by atoms with Gasteiger partial charge in [-0.1, -0.05) is 23.4 Å². The van der Waals surface area contributed by atoms with Gasteiger partial charge < -0.3 is 5.11 Å². The lowest BCUT2D eigenvalue weighted by atomic mass is 10.1. The molecule has 0 fully saturated rings. The Morgan fingerprint density at radius 2 is 1.87 bits per heavy atom. The van der Waals surface area contributed by atoms with Crippen molar-refractivity contribution in [1.29, 1.82) is 0 Å². The maximum Gasteiger partial charge on any atom is 0.358 e. The summed E-state index contributed by atoms with van der Waals surface area (Å²) in [7, 11) is 0. The summed E-state index contributed by atoms with van der Waals surface area (Å²) in [6.07, 6.45) is 0. The normalized spacial score (nSPS) is 10.7. The molecule has 0 bridgehead atoms. The fourth-order valence-electron chi connectivity index (χ4n) is 2.36. The first-order chi connectivity index (χ1) is 11.0. The second-order valence-electron chi connectivity index (χ2n) is 5.25. The van der Waals surface area contributed by atoms with E-state index in [2.05, 4.69) is 10.3 Å². The average Bonchev–Trinajstić information content (AvgIpc) is 2.95. The predicted molar refractivity (Wildman–Crippen MR) is 83.2 cm³/mol. The Kier molecular flexibility index (Phi) is 3.65. The van der Waals surface area contributed by atoms with E-state index in [1.807, 2.05) is 26.0 Å². The van der Waals surface area contributed by atoms with Crippen LogP contribution in [-0.4, -0.2) is 26.1 Å². The molecule has 0 aliphatic carbocycles. The van der Waals surface area contributed by atoms with Crippen LogP contribution in [0.5, 0.6) is 0 Å². The average molecular weight is 311 g/mol. The molecule has 0 atom stereocenters. The summed E-state index contributed by atoms with van der Waals surface area (Å²) in [6.45, 7) is 3.91. The quantitative estimate of drug-likeness (QED) is 0.805. The molecule has 0 spiro atoms. The first-order valence-corrected chi connectivity index (χ1v) is 7.00. The van der Waals surface area contributed by atoms with Gasteiger partial charge in [0.25, 0.3) is 0 Å². The summed E-state index contributed by atoms with van der Waals surface area (Å²) in [4.78, 5) is 11.4. The number of hydrogen-bond donors (Lipinski definition) is 1. The van der Waals surface area contributed by atoms with Crippen LogP contribution in [0.2, 0.25) is 0 Å². The van der Waals surface area contributed by atoms with Crippen molar-refractivity contribution in [3.63, 3.8) is 0 Å². The molecule has 3 rings (SSSR count). The summed E-state index contributed by atoms with van der Waals surface area (Å²) in [5.41, 5.74) is 2.74. The van der Waals surface area contributed by atoms with E-state index in [-0.39, 0.29) is 17.0 Å². The molecule has 5 nitrogen and oxygen atoms in total. The molecule has 0 amide bonds. The zero-order valence-corrected chi connectivity index (χ0v) is 12.6. The van der Waals surface area contributed by atoms with E-state index < -0.39 is 11.8 Å². The topological polar surface area (TPSA) is 68.0 Å². The third-order valence-electron chi connectivity index (χ3n) is 3.74. The van der Waals surface area contributed by atoms with Crippen molar-refractivity contribution in [2.45, 2.75) is 13.8 Å². The Balaban J connectivity index is 2.29. The second kappa shape index (κ2) is 5.64. The SMILES string of the molecule is Cc1ccc(-n2nnc(C(=O)O)c2-c2ccccc2F)cc1C. The zero-order valence-electron chi connectivity index (χ0n) is 12.6. The third-order valence-corrected chi connectivity index (χ3v) is 3.74. The van der Waals surface area contributed by atoms with E-state index in [9.17, 15) is 14.3 Å². The van der Waals surface area contributed by atoms with Crippen molar-refractivity contribution < 1.29 is 14.3 Å². The Hall–Kier alpha value is -3.02. The van der Waals surface area contributed by atoms with Crippen LogP contribution in [0.25, 0.3) is 16.9 Å². The molecule has 1 heterocycles. The second-order valence-corrected chi connectivity index (χ2v) is 5.25. The van der Waals surface area contributed by atoms with Gasteiger partial charge >= 0.3 is 5.97 Å². The van der Waals surface area contributed by atoms with Crippen LogP contribution in [0.1, 0.15) is 21.6 Å². The van der Waals surface area contributed by atoms with Gasteiger partial charge in [-0.3, -0.25) is 0 Å². The minimum atomic E-state index is -1.25. The summed E-state index contributed by atoms with van der Waals surface area (Å²) < 4.78 is 15.5. The number of carbonyl (C=O) groups is 1. The fourth-order valence-corrected chi connectivity index (χ4v) is 2.36. The lowest BCUT2D eigenvalue weighted by Gasteiger charge is -2.10. The van der Waals surface area contributed by atoms with E-state index >= 15 is 0 Å². The molecule has 0 saturated carbocycles. The van der Waals surface area contributed by atoms with Gasteiger partial charge in [0.05, 0.1) is 5.69 Å². The highest BCUT2D eigenvalue weighted by Gasteiger charge is 2.23. The number of halogens is 1. The van der Waals surface area contributed by atoms with Gasteiger partial charge in [-0.2, -0.15) is 0 Å². The molecule has 116 valence electrons. The molecule has 1 N–H and O–H groups in total. The molecule has 1 aromatic heterocycles. The van der Waals surface area contributed by atoms with E-state index in [1.54, 1.807) is 18.2 Å². The van der Waals surface area contributed by atoms with Gasteiger partial charge in [0.15, 0.2) is 5.69 Å². The van der Waals surface area contributed by atoms with Crippen LogP contribution in [-0.2, 0) is 0 Å². The van der Waals surface area contributed by atoms with Gasteiger partial charge in [-0.15, -0.1) is 5.10 Å². The molecule has 0 radical (unpaired) electrons. The van der Waals surface area contributed by atoms with Crippen LogP contribution in [0.3, 0.4) is 0 Å². The first kappa shape index (κ1) is 14.9. The number of aromatic carboxylic acids is 1. The molecule has 0 saturated heterocycles. The van der Waals surface area contributed by atoms with Gasteiger partial charge in [-0.25, -0.2) is 13.9 Å². The monoisotopic (exact) mass is 311 g/mol. The maximum atomic E-state index is 14.2. The van der Waals surface area contributed by atoms with Crippen LogP contribution in [0, 0.1) is 19.7 Å². The zero-order chi connectivity index (χ0) is 16.6. The van der Waals surface area contributed by atoms with Crippen molar-refractivity contribution >= 4 is 5.97 Å². The summed E-state index contributed by atoms with van der Waals surface area (Å²) in [5.74, 6) is -1.78. The Labute approximate surface area is 132 Å². The van der Waals surface area contributed by atoms with Crippen LogP contribution < -0.4 is 0 Å². The molecular weight excluding hydrogens is 297 g/mol. The highest BCUT2D eigenvalue weighted by atomic mass is 19.1. The molecule has 0 aliphatic heterocycles. The minimum absolute atomic E-state index is 0.124. The molecule has 0 aliphatic rings. The number of rotatable bonds is 3. The van der Waals surface area contributed by atoms with Crippen molar-refractivity contribution in [2.75, 3.05) is 0 Å². The van der Waals surface area contributed by atoms with Crippen molar-refractivity contribution in [3.8, 4) is 16.9 Å². The minimum Gasteiger partial charge on any atom is -0.476 e. The molecule has 23 heavy (non-hydrogen) atoms. The van der Waals surface area contributed by atoms with Crippen molar-refractivity contribution in [1.82, 2.24) is 15.0 Å². The summed E-state index contributed by atoms with van der Waals surface area (Å²) >= 11 is 0. The van der Waals surface area contributed by atoms with E-state index in [0.717, 1.165) is 11.1 Å². The van der Waals surface area contributed by atoms with Gasteiger partial charge in [0.2, 0.25) is 0 Å². The standard InChI is InChI=1S/C17H14FN3O2/c1-10-7-8-12(9-11(10)2)21-16(15(17(22)23)19-20-21)13-5-3-4-6-14(13)18/h3-9H,1-2H3,(H,22,23). The van der Waals surface area contributed by atoms with E-state index in [0.29, 0.717) is 5.69 Å². The number of benzene rings is 2. The molecule has 3 aromatic rings. The predicted octanol–water partition coefficient (Wildman–Crippen LogP) is 3.39. The number of carboxylic acids is 1. The van der Waals surface area contributed by atoms with Crippen molar-refractivity contribution in [3.05, 3.63) is 65.1 Å². The van der Waals surface area contributed by atoms with Crippen LogP contribution in [0.4, 0.5) is 4.39 Å². The summed E-state index contributed by atoms with van der Waals surface area (Å²) in [6, 6.07) is 11.5. The number of carboxylic acid groups (broad SMARTS) is 1. The summed E-state index contributed by atoms with van der Waals surface area (Å²) in [5, 5.41) is 17.0. The largest absolute Gasteiger partial charge is 0.476 e. The van der Waals surface area contributed by atoms with E-state index in [4.69, 9.17) is 0 Å². The highest BCUT2D eigenvalue weighted by molar-refractivity contribution is 5.93. The Bertz CT molecular complexity index is 903. The lowest BCUT2D eigenvalue weighted by molar-refractivity contribution is 0.0691. The van der Waals surface area contributed by atoms with E-state index in [1.165, 1.54) is 16.8 Å². The van der Waals surface area contributed by atoms with Crippen molar-refractivity contribution in [2.24, 2.45) is 0 Å².